The van der Waals surface area contributed by atoms with Crippen LogP contribution in [0.25, 0.3) is 6.08 Å². The Morgan fingerprint density at radius 3 is 1.94 bits per heavy atom. The molecule has 3 heterocycles. The third kappa shape index (κ3) is 6.45. The van der Waals surface area contributed by atoms with E-state index in [0.29, 0.717) is 37.6 Å². The van der Waals surface area contributed by atoms with Crippen molar-refractivity contribution in [3.8, 4) is 5.75 Å². The summed E-state index contributed by atoms with van der Waals surface area (Å²) in [7, 11) is 0. The Labute approximate surface area is 316 Å². The first kappa shape index (κ1) is 34.0. The van der Waals surface area contributed by atoms with Crippen LogP contribution in [0.4, 0.5) is 16.2 Å². The predicted molar refractivity (Wildman–Crippen MR) is 206 cm³/mol. The third-order valence-corrected chi connectivity index (χ3v) is 10.9. The highest BCUT2D eigenvalue weighted by molar-refractivity contribution is 6.39. The molecule has 0 aliphatic carbocycles. The lowest BCUT2D eigenvalue weighted by Crippen LogP contribution is -2.54. The van der Waals surface area contributed by atoms with Gasteiger partial charge in [0.1, 0.15) is 17.9 Å². The van der Waals surface area contributed by atoms with Crippen LogP contribution in [-0.4, -0.2) is 30.9 Å². The van der Waals surface area contributed by atoms with Crippen molar-refractivity contribution in [2.24, 2.45) is 0 Å². The van der Waals surface area contributed by atoms with Gasteiger partial charge < -0.3 is 9.64 Å². The van der Waals surface area contributed by atoms with Gasteiger partial charge in [0.05, 0.1) is 5.69 Å². The van der Waals surface area contributed by atoms with E-state index in [4.69, 9.17) is 39.5 Å². The number of carbonyl (C=O) groups excluding carboxylic acids is 3. The molecule has 3 aliphatic heterocycles. The number of benzene rings is 5. The van der Waals surface area contributed by atoms with Gasteiger partial charge in [0.25, 0.3) is 11.8 Å². The van der Waals surface area contributed by atoms with Gasteiger partial charge in [-0.15, -0.1) is 0 Å². The standard InChI is InChI=1S/C42H32Cl3N3O4/c43-29-13-14-38(52-24-27-11-12-30(44)21-37(27)45)28(19-29)20-36-40(49)46-42(51)48(41(36)50)31-22-34-32(25-7-3-1-4-8-25)15-17-47-18-16-33(35(23-31)39(34)47)26-9-5-2-6-10-26/h1-14,19-23,32-33H,15-18,24H2,(H,46,49,51)/b36-20+/t32-,33+. The molecule has 0 aromatic heterocycles. The molecule has 4 amide bonds. The molecular weight excluding hydrogens is 717 g/mol. The molecule has 0 unspecified atom stereocenters. The smallest absolute Gasteiger partial charge is 0.335 e. The van der Waals surface area contributed by atoms with E-state index in [1.165, 1.54) is 17.2 Å². The maximum atomic E-state index is 14.4. The van der Waals surface area contributed by atoms with E-state index >= 15 is 0 Å². The molecule has 8 rings (SSSR count). The maximum absolute atomic E-state index is 14.4. The zero-order valence-electron chi connectivity index (χ0n) is 27.8. The van der Waals surface area contributed by atoms with Gasteiger partial charge in [-0.3, -0.25) is 14.9 Å². The van der Waals surface area contributed by atoms with Crippen molar-refractivity contribution in [1.29, 1.82) is 0 Å². The van der Waals surface area contributed by atoms with Crippen LogP contribution in [0.15, 0.2) is 115 Å². The first-order valence-electron chi connectivity index (χ1n) is 17.1. The second kappa shape index (κ2) is 14.2. The van der Waals surface area contributed by atoms with Gasteiger partial charge in [-0.05, 0) is 83.6 Å². The molecule has 5 aromatic carbocycles. The Kier molecular flexibility index (Phi) is 9.26. The van der Waals surface area contributed by atoms with Crippen LogP contribution in [0.1, 0.15) is 58.1 Å². The van der Waals surface area contributed by atoms with E-state index in [9.17, 15) is 14.4 Å². The number of ether oxygens (including phenoxy) is 1. The number of rotatable bonds is 7. The molecule has 2 atom stereocenters. The lowest BCUT2D eigenvalue weighted by Gasteiger charge is -2.44. The van der Waals surface area contributed by atoms with Crippen molar-refractivity contribution >= 4 is 70.1 Å². The zero-order valence-corrected chi connectivity index (χ0v) is 30.1. The van der Waals surface area contributed by atoms with Crippen LogP contribution in [0.2, 0.25) is 15.1 Å². The highest BCUT2D eigenvalue weighted by Gasteiger charge is 2.40. The first-order chi connectivity index (χ1) is 25.2. The van der Waals surface area contributed by atoms with Crippen molar-refractivity contribution in [3.05, 3.63) is 163 Å². The summed E-state index contributed by atoms with van der Waals surface area (Å²) in [4.78, 5) is 45.0. The topological polar surface area (TPSA) is 79.0 Å². The Morgan fingerprint density at radius 1 is 0.731 bits per heavy atom. The fourth-order valence-corrected chi connectivity index (χ4v) is 8.22. The minimum absolute atomic E-state index is 0.0561. The normalized spacial score (nSPS) is 19.1. The lowest BCUT2D eigenvalue weighted by molar-refractivity contribution is -0.122. The molecule has 260 valence electrons. The average molecular weight is 749 g/mol. The number of nitrogens with zero attached hydrogens (tertiary/aromatic N) is 2. The molecule has 1 saturated heterocycles. The highest BCUT2D eigenvalue weighted by Crippen LogP contribution is 2.50. The summed E-state index contributed by atoms with van der Waals surface area (Å²) in [5, 5.41) is 3.71. The number of carbonyl (C=O) groups is 3. The van der Waals surface area contributed by atoms with Gasteiger partial charge in [0.2, 0.25) is 0 Å². The molecular formula is C42H32Cl3N3O4. The number of anilines is 2. The van der Waals surface area contributed by atoms with Crippen LogP contribution in [0, 0.1) is 0 Å². The van der Waals surface area contributed by atoms with Crippen molar-refractivity contribution in [2.45, 2.75) is 31.3 Å². The van der Waals surface area contributed by atoms with Crippen LogP contribution >= 0.6 is 34.8 Å². The Morgan fingerprint density at radius 2 is 1.33 bits per heavy atom. The summed E-state index contributed by atoms with van der Waals surface area (Å²) in [5.74, 6) is -1.08. The molecule has 0 spiro atoms. The molecule has 7 nitrogen and oxygen atoms in total. The van der Waals surface area contributed by atoms with Crippen molar-refractivity contribution in [2.75, 3.05) is 22.9 Å². The van der Waals surface area contributed by atoms with Gasteiger partial charge in [-0.25, -0.2) is 9.69 Å². The van der Waals surface area contributed by atoms with E-state index in [-0.39, 0.29) is 24.0 Å². The second-order valence-electron chi connectivity index (χ2n) is 13.1. The van der Waals surface area contributed by atoms with Gasteiger partial charge in [-0.2, -0.15) is 0 Å². The molecule has 1 fully saturated rings. The van der Waals surface area contributed by atoms with Gasteiger partial charge in [0.15, 0.2) is 0 Å². The van der Waals surface area contributed by atoms with Crippen LogP contribution in [0.3, 0.4) is 0 Å². The number of nitrogens with one attached hydrogen (secondary N) is 1. The molecule has 10 heteroatoms. The van der Waals surface area contributed by atoms with Crippen LogP contribution < -0.4 is 19.9 Å². The Balaban J connectivity index is 1.21. The Hall–Kier alpha value is -5.08. The molecule has 5 aromatic rings. The number of hydrogen-bond donors (Lipinski definition) is 1. The van der Waals surface area contributed by atoms with Crippen molar-refractivity contribution in [1.82, 2.24) is 5.32 Å². The van der Waals surface area contributed by atoms with Crippen LogP contribution in [0.5, 0.6) is 5.75 Å². The van der Waals surface area contributed by atoms with Crippen molar-refractivity contribution < 1.29 is 19.1 Å². The SMILES string of the molecule is O=C1NC(=O)N(c2cc3c4c(c2)[C@H](c2ccccc2)CCN4CC[C@@H]3c2ccccc2)C(=O)/C1=C/c1cc(Cl)ccc1OCc1ccc(Cl)cc1Cl. The summed E-state index contributed by atoms with van der Waals surface area (Å²) < 4.78 is 6.10. The third-order valence-electron chi connectivity index (χ3n) is 10.0. The van der Waals surface area contributed by atoms with Gasteiger partial charge in [0, 0.05) is 56.8 Å². The summed E-state index contributed by atoms with van der Waals surface area (Å²) in [6.45, 7) is 1.90. The second-order valence-corrected chi connectivity index (χ2v) is 14.4. The average Bonchev–Trinajstić information content (AvgIpc) is 3.14. The van der Waals surface area contributed by atoms with Gasteiger partial charge >= 0.3 is 6.03 Å². The minimum atomic E-state index is -0.812. The molecule has 1 N–H and O–H groups in total. The largest absolute Gasteiger partial charge is 0.488 e. The lowest BCUT2D eigenvalue weighted by atomic mass is 9.76. The number of barbiturate groups is 1. The first-order valence-corrected chi connectivity index (χ1v) is 18.2. The van der Waals surface area contributed by atoms with Crippen molar-refractivity contribution in [3.63, 3.8) is 0 Å². The maximum Gasteiger partial charge on any atom is 0.335 e. The zero-order chi connectivity index (χ0) is 35.9. The molecule has 3 aliphatic rings. The van der Waals surface area contributed by atoms with E-state index in [0.717, 1.165) is 47.6 Å². The van der Waals surface area contributed by atoms with E-state index < -0.39 is 17.8 Å². The number of urea groups is 1. The molecule has 0 bridgehead atoms. The number of amides is 4. The number of halogens is 3. The minimum Gasteiger partial charge on any atom is -0.488 e. The highest BCUT2D eigenvalue weighted by atomic mass is 35.5. The quantitative estimate of drug-likeness (QED) is 0.133. The molecule has 0 saturated carbocycles. The summed E-state index contributed by atoms with van der Waals surface area (Å²) >= 11 is 18.8. The van der Waals surface area contributed by atoms with E-state index in [2.05, 4.69) is 34.5 Å². The fraction of sp³-hybridized carbons (Fsp3) is 0.167. The molecule has 52 heavy (non-hydrogen) atoms. The Bertz CT molecular complexity index is 2190. The number of hydrogen-bond acceptors (Lipinski definition) is 5. The van der Waals surface area contributed by atoms with E-state index in [1.807, 2.05) is 48.5 Å². The predicted octanol–water partition coefficient (Wildman–Crippen LogP) is 9.77. The monoisotopic (exact) mass is 747 g/mol. The van der Waals surface area contributed by atoms with Gasteiger partial charge in [-0.1, -0.05) is 102 Å². The fourth-order valence-electron chi connectivity index (χ4n) is 7.57. The number of imide groups is 2. The van der Waals surface area contributed by atoms with Crippen LogP contribution in [-0.2, 0) is 16.2 Å². The summed E-state index contributed by atoms with van der Waals surface area (Å²) in [6, 6.07) is 33.7. The molecule has 0 radical (unpaired) electrons. The van der Waals surface area contributed by atoms with E-state index in [1.54, 1.807) is 36.4 Å². The summed E-state index contributed by atoms with van der Waals surface area (Å²) in [5.41, 5.74) is 6.85. The summed E-state index contributed by atoms with van der Waals surface area (Å²) in [6.07, 6.45) is 3.18.